The van der Waals surface area contributed by atoms with Crippen molar-refractivity contribution < 1.29 is 5.11 Å². The average molecular weight is 222 g/mol. The summed E-state index contributed by atoms with van der Waals surface area (Å²) in [5.74, 6) is 0.552. The zero-order chi connectivity index (χ0) is 12.1. The van der Waals surface area contributed by atoms with E-state index in [4.69, 9.17) is 5.73 Å². The number of aliphatic hydroxyl groups excluding tert-OH is 1. The first kappa shape index (κ1) is 12.8. The Kier molecular flexibility index (Phi) is 4.62. The van der Waals surface area contributed by atoms with Gasteiger partial charge in [0.05, 0.1) is 18.0 Å². The van der Waals surface area contributed by atoms with Gasteiger partial charge in [-0.3, -0.25) is 0 Å². The second kappa shape index (κ2) is 5.75. The van der Waals surface area contributed by atoms with E-state index in [-0.39, 0.29) is 12.6 Å². The van der Waals surface area contributed by atoms with E-state index in [2.05, 4.69) is 19.2 Å². The molecule has 4 N–H and O–H groups in total. The Labute approximate surface area is 97.7 Å². The number of nitrogens with two attached hydrogens (primary N) is 1. The predicted octanol–water partition coefficient (Wildman–Crippen LogP) is 2.40. The number of nitrogen functional groups attached to an aromatic ring is 1. The summed E-state index contributed by atoms with van der Waals surface area (Å²) < 4.78 is 0. The van der Waals surface area contributed by atoms with Crippen LogP contribution in [0, 0.1) is 12.8 Å². The molecule has 1 aromatic carbocycles. The van der Waals surface area contributed by atoms with Crippen molar-refractivity contribution in [1.29, 1.82) is 0 Å². The Morgan fingerprint density at radius 2 is 2.06 bits per heavy atom. The lowest BCUT2D eigenvalue weighted by Gasteiger charge is -2.21. The van der Waals surface area contributed by atoms with Gasteiger partial charge in [0.15, 0.2) is 0 Å². The van der Waals surface area contributed by atoms with E-state index < -0.39 is 0 Å². The van der Waals surface area contributed by atoms with Gasteiger partial charge in [0, 0.05) is 6.04 Å². The molecule has 0 aromatic heterocycles. The summed E-state index contributed by atoms with van der Waals surface area (Å²) in [6, 6.07) is 5.98. The van der Waals surface area contributed by atoms with Crippen molar-refractivity contribution in [2.75, 3.05) is 17.7 Å². The van der Waals surface area contributed by atoms with E-state index in [0.29, 0.717) is 5.92 Å². The molecule has 0 bridgehead atoms. The molecule has 0 heterocycles. The van der Waals surface area contributed by atoms with Crippen LogP contribution in [-0.2, 0) is 0 Å². The molecule has 0 aliphatic heterocycles. The van der Waals surface area contributed by atoms with Crippen LogP contribution in [0.3, 0.4) is 0 Å². The molecule has 1 unspecified atom stereocenters. The van der Waals surface area contributed by atoms with Gasteiger partial charge in [0.25, 0.3) is 0 Å². The maximum absolute atomic E-state index is 9.29. The Balaban J connectivity index is 2.74. The highest BCUT2D eigenvalue weighted by Gasteiger charge is 2.11. The molecule has 90 valence electrons. The summed E-state index contributed by atoms with van der Waals surface area (Å²) >= 11 is 0. The van der Waals surface area contributed by atoms with Crippen LogP contribution in [0.2, 0.25) is 0 Å². The topological polar surface area (TPSA) is 58.3 Å². The molecule has 0 amide bonds. The minimum Gasteiger partial charge on any atom is -0.397 e. The smallest absolute Gasteiger partial charge is 0.0632 e. The first-order valence-corrected chi connectivity index (χ1v) is 5.77. The average Bonchev–Trinajstić information content (AvgIpc) is 2.23. The Morgan fingerprint density at radius 3 is 2.62 bits per heavy atom. The van der Waals surface area contributed by atoms with Crippen LogP contribution in [0.25, 0.3) is 0 Å². The summed E-state index contributed by atoms with van der Waals surface area (Å²) in [4.78, 5) is 0. The fourth-order valence-corrected chi connectivity index (χ4v) is 1.77. The fraction of sp³-hybridized carbons (Fsp3) is 0.538. The van der Waals surface area contributed by atoms with Crippen molar-refractivity contribution in [3.63, 3.8) is 0 Å². The summed E-state index contributed by atoms with van der Waals surface area (Å²) in [7, 11) is 0. The largest absolute Gasteiger partial charge is 0.397 e. The third kappa shape index (κ3) is 3.42. The number of hydrogen-bond donors (Lipinski definition) is 3. The second-order valence-corrected chi connectivity index (χ2v) is 4.69. The second-order valence-electron chi connectivity index (χ2n) is 4.69. The van der Waals surface area contributed by atoms with Crippen LogP contribution >= 0.6 is 0 Å². The number of aryl methyl sites for hydroxylation is 1. The highest BCUT2D eigenvalue weighted by Crippen LogP contribution is 2.23. The van der Waals surface area contributed by atoms with Crippen LogP contribution in [0.1, 0.15) is 25.8 Å². The minimum atomic E-state index is 0.0732. The van der Waals surface area contributed by atoms with Gasteiger partial charge in [-0.1, -0.05) is 26.0 Å². The first-order valence-electron chi connectivity index (χ1n) is 5.77. The highest BCUT2D eigenvalue weighted by atomic mass is 16.3. The van der Waals surface area contributed by atoms with Crippen LogP contribution in [0.5, 0.6) is 0 Å². The van der Waals surface area contributed by atoms with Crippen molar-refractivity contribution in [2.45, 2.75) is 33.2 Å². The van der Waals surface area contributed by atoms with E-state index in [0.717, 1.165) is 23.4 Å². The summed E-state index contributed by atoms with van der Waals surface area (Å²) in [5, 5.41) is 12.6. The first-order chi connectivity index (χ1) is 7.54. The van der Waals surface area contributed by atoms with Gasteiger partial charge in [0.1, 0.15) is 0 Å². The maximum Gasteiger partial charge on any atom is 0.0632 e. The quantitative estimate of drug-likeness (QED) is 0.670. The molecule has 0 fully saturated rings. The molecule has 0 aliphatic rings. The summed E-state index contributed by atoms with van der Waals surface area (Å²) in [6.45, 7) is 6.40. The van der Waals surface area contributed by atoms with Crippen molar-refractivity contribution in [1.82, 2.24) is 0 Å². The van der Waals surface area contributed by atoms with Gasteiger partial charge in [-0.05, 0) is 30.9 Å². The van der Waals surface area contributed by atoms with Crippen molar-refractivity contribution in [3.05, 3.63) is 23.8 Å². The van der Waals surface area contributed by atoms with E-state index in [9.17, 15) is 5.11 Å². The van der Waals surface area contributed by atoms with Crippen LogP contribution in [-0.4, -0.2) is 17.8 Å². The Bertz CT molecular complexity index is 337. The van der Waals surface area contributed by atoms with Crippen molar-refractivity contribution in [3.8, 4) is 0 Å². The van der Waals surface area contributed by atoms with Crippen molar-refractivity contribution in [2.24, 2.45) is 5.92 Å². The van der Waals surface area contributed by atoms with Gasteiger partial charge < -0.3 is 16.2 Å². The summed E-state index contributed by atoms with van der Waals surface area (Å²) in [5.41, 5.74) is 8.72. The number of hydrogen-bond acceptors (Lipinski definition) is 3. The highest BCUT2D eigenvalue weighted by molar-refractivity contribution is 5.69. The molecule has 1 rings (SSSR count). The third-order valence-electron chi connectivity index (χ3n) is 2.66. The Hall–Kier alpha value is -1.22. The fourth-order valence-electron chi connectivity index (χ4n) is 1.77. The zero-order valence-electron chi connectivity index (χ0n) is 10.3. The standard InChI is InChI=1S/C13H22N2O/c1-9(2)7-11(8-16)15-12-6-4-5-10(3)13(12)14/h4-6,9,11,15-16H,7-8,14H2,1-3H3. The van der Waals surface area contributed by atoms with Crippen LogP contribution in [0.15, 0.2) is 18.2 Å². The Morgan fingerprint density at radius 1 is 1.38 bits per heavy atom. The molecular weight excluding hydrogens is 200 g/mol. The van der Waals surface area contributed by atoms with Crippen LogP contribution < -0.4 is 11.1 Å². The van der Waals surface area contributed by atoms with Gasteiger partial charge in [0.2, 0.25) is 0 Å². The van der Waals surface area contributed by atoms with E-state index in [1.807, 2.05) is 25.1 Å². The number of anilines is 2. The molecule has 0 radical (unpaired) electrons. The number of aliphatic hydroxyl groups is 1. The summed E-state index contributed by atoms with van der Waals surface area (Å²) in [6.07, 6.45) is 0.934. The number of rotatable bonds is 5. The molecule has 16 heavy (non-hydrogen) atoms. The molecule has 0 saturated carbocycles. The monoisotopic (exact) mass is 222 g/mol. The lowest BCUT2D eigenvalue weighted by molar-refractivity contribution is 0.259. The minimum absolute atomic E-state index is 0.0732. The number of nitrogens with one attached hydrogen (secondary N) is 1. The molecule has 0 aliphatic carbocycles. The van der Waals surface area contributed by atoms with Crippen LogP contribution in [0.4, 0.5) is 11.4 Å². The predicted molar refractivity (Wildman–Crippen MR) is 69.5 cm³/mol. The van der Waals surface area contributed by atoms with Crippen molar-refractivity contribution >= 4 is 11.4 Å². The zero-order valence-corrected chi connectivity index (χ0v) is 10.3. The van der Waals surface area contributed by atoms with Gasteiger partial charge in [-0.2, -0.15) is 0 Å². The molecule has 0 saturated heterocycles. The third-order valence-corrected chi connectivity index (χ3v) is 2.66. The molecule has 1 aromatic rings. The van der Waals surface area contributed by atoms with E-state index in [1.54, 1.807) is 0 Å². The van der Waals surface area contributed by atoms with E-state index >= 15 is 0 Å². The van der Waals surface area contributed by atoms with Gasteiger partial charge >= 0.3 is 0 Å². The normalized spacial score (nSPS) is 12.8. The SMILES string of the molecule is Cc1cccc(NC(CO)CC(C)C)c1N. The maximum atomic E-state index is 9.29. The molecule has 3 nitrogen and oxygen atoms in total. The van der Waals surface area contributed by atoms with E-state index in [1.165, 1.54) is 0 Å². The lowest BCUT2D eigenvalue weighted by atomic mass is 10.0. The van der Waals surface area contributed by atoms with Gasteiger partial charge in [-0.25, -0.2) is 0 Å². The molecule has 3 heteroatoms. The van der Waals surface area contributed by atoms with Gasteiger partial charge in [-0.15, -0.1) is 0 Å². The lowest BCUT2D eigenvalue weighted by Crippen LogP contribution is -2.26. The number of benzene rings is 1. The number of para-hydroxylation sites is 1. The molecule has 0 spiro atoms. The molecule has 1 atom stereocenters. The molecular formula is C13H22N2O.